The van der Waals surface area contributed by atoms with Crippen molar-refractivity contribution in [2.75, 3.05) is 44.1 Å². The molecule has 0 unspecified atom stereocenters. The third-order valence-electron chi connectivity index (χ3n) is 13.5. The third kappa shape index (κ3) is 13.2. The van der Waals surface area contributed by atoms with Crippen molar-refractivity contribution >= 4 is 62.8 Å². The van der Waals surface area contributed by atoms with Crippen LogP contribution >= 0.6 is 0 Å². The van der Waals surface area contributed by atoms with Gasteiger partial charge in [-0.25, -0.2) is 29.9 Å². The maximum absolute atomic E-state index is 11.7. The molecule has 0 bridgehead atoms. The molecule has 2 aromatic carbocycles. The zero-order chi connectivity index (χ0) is 49.2. The molecule has 2 amide bonds. The minimum absolute atomic E-state index is 0.190. The fourth-order valence-electron chi connectivity index (χ4n) is 9.44. The monoisotopic (exact) mass is 937 g/mol. The number of nitrogens with zero attached hydrogens (tertiary/aromatic N) is 10. The Labute approximate surface area is 407 Å². The van der Waals surface area contributed by atoms with Gasteiger partial charge in [0.1, 0.15) is 11.6 Å². The van der Waals surface area contributed by atoms with Crippen LogP contribution in [0.5, 0.6) is 0 Å². The van der Waals surface area contributed by atoms with E-state index < -0.39 is 0 Å². The first-order valence-corrected chi connectivity index (χ1v) is 24.5. The van der Waals surface area contributed by atoms with E-state index in [1.807, 2.05) is 61.2 Å². The van der Waals surface area contributed by atoms with Crippen LogP contribution in [0.25, 0.3) is 22.3 Å². The van der Waals surface area contributed by atoms with Crippen LogP contribution in [0.2, 0.25) is 0 Å². The standard InChI is InChI=1S/C27H37N7O.C26H35N7O/c1-6-24(35)28-16-20-8-7-9-21(14-20)30-26-25-27(34(17-29-25)18(2)3)32-23(31-26)15-19-10-12-22(13-11-19)33(4)5;1-6-23(34)28-19-8-7-9-20(15-19)29-25-24-26(33(16-27-24)17(2)3)31-22(30-25)14-18-10-12-21(13-11-18)32(4)5/h6-9,14,17-19,22H,1,10-13,15-16H2,2-5H3,(H,28,35)(H,30,31,32);6-9,15-18,21H,1,10-14H2,2-5H3,(H,28,34)(H,29,30,31). The van der Waals surface area contributed by atoms with Crippen molar-refractivity contribution < 1.29 is 9.59 Å². The number of fused-ring (bicyclic) bond motifs is 2. The second-order valence-corrected chi connectivity index (χ2v) is 19.6. The molecule has 2 aliphatic rings. The molecule has 16 heteroatoms. The normalized spacial score (nSPS) is 18.3. The zero-order valence-corrected chi connectivity index (χ0v) is 41.9. The SMILES string of the molecule is C=CC(=O)NCc1cccc(Nc2nc(CC3CCC(N(C)C)CC3)nc3c2ncn3C(C)C)c1.C=CC(=O)Nc1cccc(Nc2nc(CC3CCC(N(C)C)CC3)nc3c2ncn3C(C)C)c1. The summed E-state index contributed by atoms with van der Waals surface area (Å²) in [5, 5.41) is 12.5. The predicted molar refractivity (Wildman–Crippen MR) is 278 cm³/mol. The summed E-state index contributed by atoms with van der Waals surface area (Å²) in [7, 11) is 8.70. The summed E-state index contributed by atoms with van der Waals surface area (Å²) in [5.41, 5.74) is 6.61. The number of nitrogens with one attached hydrogen (secondary N) is 4. The van der Waals surface area contributed by atoms with Crippen molar-refractivity contribution in [2.45, 2.75) is 123 Å². The molecule has 2 fully saturated rings. The molecule has 0 aliphatic heterocycles. The number of benzene rings is 2. The third-order valence-corrected chi connectivity index (χ3v) is 13.5. The lowest BCUT2D eigenvalue weighted by molar-refractivity contribution is -0.116. The first-order chi connectivity index (χ1) is 33.2. The number of anilines is 5. The summed E-state index contributed by atoms with van der Waals surface area (Å²) < 4.78 is 4.20. The number of hydrogen-bond acceptors (Lipinski definition) is 12. The quantitative estimate of drug-likeness (QED) is 0.0639. The Morgan fingerprint density at radius 2 is 1.09 bits per heavy atom. The average molecular weight is 937 g/mol. The van der Waals surface area contributed by atoms with Gasteiger partial charge in [-0.1, -0.05) is 31.4 Å². The highest BCUT2D eigenvalue weighted by Crippen LogP contribution is 2.33. The summed E-state index contributed by atoms with van der Waals surface area (Å²) >= 11 is 0. The van der Waals surface area contributed by atoms with Crippen molar-refractivity contribution in [2.24, 2.45) is 11.8 Å². The van der Waals surface area contributed by atoms with Gasteiger partial charge in [0.2, 0.25) is 11.8 Å². The van der Waals surface area contributed by atoms with E-state index in [0.29, 0.717) is 42.0 Å². The average Bonchev–Trinajstić information content (AvgIpc) is 3.97. The van der Waals surface area contributed by atoms with E-state index >= 15 is 0 Å². The molecular weight excluding hydrogens is 865 g/mol. The molecule has 6 aromatic rings. The number of carbonyl (C=O) groups excluding carboxylic acids is 2. The van der Waals surface area contributed by atoms with Gasteiger partial charge >= 0.3 is 0 Å². The molecule has 0 saturated heterocycles. The fraction of sp³-hybridized carbons (Fsp3) is 0.472. The maximum Gasteiger partial charge on any atom is 0.247 e. The molecule has 366 valence electrons. The molecular formula is C53H72N14O2. The second-order valence-electron chi connectivity index (χ2n) is 19.6. The van der Waals surface area contributed by atoms with Gasteiger partial charge in [-0.3, -0.25) is 9.59 Å². The number of hydrogen-bond donors (Lipinski definition) is 4. The fourth-order valence-corrected chi connectivity index (χ4v) is 9.44. The van der Waals surface area contributed by atoms with Gasteiger partial charge in [-0.2, -0.15) is 0 Å². The molecule has 4 aromatic heterocycles. The molecule has 4 N–H and O–H groups in total. The van der Waals surface area contributed by atoms with E-state index in [-0.39, 0.29) is 23.9 Å². The van der Waals surface area contributed by atoms with Gasteiger partial charge in [0.05, 0.1) is 12.7 Å². The first kappa shape index (κ1) is 50.4. The van der Waals surface area contributed by atoms with E-state index in [4.69, 9.17) is 19.9 Å². The Morgan fingerprint density at radius 3 is 1.54 bits per heavy atom. The van der Waals surface area contributed by atoms with E-state index in [1.54, 1.807) is 0 Å². The predicted octanol–water partition coefficient (Wildman–Crippen LogP) is 9.55. The van der Waals surface area contributed by atoms with Crippen molar-refractivity contribution in [1.82, 2.24) is 54.2 Å². The zero-order valence-electron chi connectivity index (χ0n) is 41.9. The van der Waals surface area contributed by atoms with E-state index in [0.717, 1.165) is 69.6 Å². The Kier molecular flexibility index (Phi) is 16.9. The van der Waals surface area contributed by atoms with Crippen LogP contribution < -0.4 is 21.3 Å². The van der Waals surface area contributed by atoms with Crippen LogP contribution in [0.15, 0.2) is 86.5 Å². The number of imidazole rings is 2. The van der Waals surface area contributed by atoms with Gasteiger partial charge in [0.25, 0.3) is 0 Å². The maximum atomic E-state index is 11.7. The molecule has 2 saturated carbocycles. The van der Waals surface area contributed by atoms with Crippen LogP contribution in [0.1, 0.15) is 108 Å². The molecule has 16 nitrogen and oxygen atoms in total. The molecule has 0 atom stereocenters. The smallest absolute Gasteiger partial charge is 0.247 e. The van der Waals surface area contributed by atoms with Crippen LogP contribution in [0.3, 0.4) is 0 Å². The Morgan fingerprint density at radius 1 is 0.638 bits per heavy atom. The van der Waals surface area contributed by atoms with Gasteiger partial charge in [0.15, 0.2) is 34.0 Å². The second kappa shape index (κ2) is 23.2. The van der Waals surface area contributed by atoms with Crippen LogP contribution in [-0.4, -0.2) is 101 Å². The summed E-state index contributed by atoms with van der Waals surface area (Å²) in [5.74, 6) is 3.88. The number of carbonyl (C=O) groups is 2. The van der Waals surface area contributed by atoms with Crippen molar-refractivity contribution in [3.63, 3.8) is 0 Å². The lowest BCUT2D eigenvalue weighted by atomic mass is 9.83. The number of rotatable bonds is 17. The molecule has 4 heterocycles. The van der Waals surface area contributed by atoms with Crippen LogP contribution in [0, 0.1) is 11.8 Å². The first-order valence-electron chi connectivity index (χ1n) is 24.5. The van der Waals surface area contributed by atoms with Crippen LogP contribution in [-0.2, 0) is 29.0 Å². The summed E-state index contributed by atoms with van der Waals surface area (Å²) in [6.07, 6.45) is 17.7. The van der Waals surface area contributed by atoms with Crippen molar-refractivity contribution in [3.8, 4) is 0 Å². The van der Waals surface area contributed by atoms with Gasteiger partial charge < -0.3 is 40.2 Å². The lowest BCUT2D eigenvalue weighted by Gasteiger charge is -2.32. The van der Waals surface area contributed by atoms with Gasteiger partial charge in [-0.05, 0) is 167 Å². The highest BCUT2D eigenvalue weighted by Gasteiger charge is 2.26. The molecule has 2 aliphatic carbocycles. The van der Waals surface area contributed by atoms with E-state index in [1.165, 1.54) is 63.5 Å². The molecule has 0 radical (unpaired) electrons. The summed E-state index contributed by atoms with van der Waals surface area (Å²) in [4.78, 5) is 57.0. The molecule has 8 rings (SSSR count). The van der Waals surface area contributed by atoms with E-state index in [2.05, 4.69) is 119 Å². The molecule has 69 heavy (non-hydrogen) atoms. The van der Waals surface area contributed by atoms with E-state index in [9.17, 15) is 9.59 Å². The largest absolute Gasteiger partial charge is 0.348 e. The van der Waals surface area contributed by atoms with Gasteiger partial charge in [-0.15, -0.1) is 0 Å². The Bertz CT molecular complexity index is 2700. The topological polar surface area (TPSA) is 176 Å². The Hall–Kier alpha value is -6.52. The highest BCUT2D eigenvalue weighted by atomic mass is 16.2. The summed E-state index contributed by atoms with van der Waals surface area (Å²) in [6, 6.07) is 17.3. The Balaban J connectivity index is 0.000000204. The number of aromatic nitrogens is 8. The van der Waals surface area contributed by atoms with Crippen LogP contribution in [0.4, 0.5) is 28.7 Å². The summed E-state index contributed by atoms with van der Waals surface area (Å²) in [6.45, 7) is 16.0. The lowest BCUT2D eigenvalue weighted by Crippen LogP contribution is -2.32. The minimum atomic E-state index is -0.247. The van der Waals surface area contributed by atoms with Crippen molar-refractivity contribution in [3.05, 3.63) is 104 Å². The highest BCUT2D eigenvalue weighted by molar-refractivity contribution is 5.99. The number of amides is 2. The molecule has 0 spiro atoms. The minimum Gasteiger partial charge on any atom is -0.348 e. The van der Waals surface area contributed by atoms with Crippen molar-refractivity contribution in [1.29, 1.82) is 0 Å². The van der Waals surface area contributed by atoms with Gasteiger partial charge in [0, 0.05) is 60.6 Å².